The van der Waals surface area contributed by atoms with Gasteiger partial charge in [-0.2, -0.15) is 5.10 Å². The molecular formula is C21H21N3O3S2. The van der Waals surface area contributed by atoms with E-state index in [1.165, 1.54) is 23.5 Å². The van der Waals surface area contributed by atoms with Gasteiger partial charge in [-0.15, -0.1) is 11.3 Å². The van der Waals surface area contributed by atoms with E-state index in [0.29, 0.717) is 5.69 Å². The van der Waals surface area contributed by atoms with Crippen LogP contribution in [0.3, 0.4) is 0 Å². The summed E-state index contributed by atoms with van der Waals surface area (Å²) in [6.07, 6.45) is 1.56. The van der Waals surface area contributed by atoms with Crippen molar-refractivity contribution >= 4 is 39.2 Å². The van der Waals surface area contributed by atoms with Crippen LogP contribution in [0.5, 0.6) is 0 Å². The Bertz CT molecular complexity index is 1110. The molecule has 0 spiro atoms. The van der Waals surface area contributed by atoms with Crippen LogP contribution in [-0.2, 0) is 14.8 Å². The standard InChI is InChI=1S/C21H21N3O3S2/c1-16-8-10-18(11-9-16)24(29(26,27)19-6-4-3-5-7-19)15-21(25)23-22-14-20-17(2)12-13-28-20/h3-14H,15H2,1-2H3,(H,23,25)/b22-14-. The molecule has 0 unspecified atom stereocenters. The predicted molar refractivity (Wildman–Crippen MR) is 117 cm³/mol. The lowest BCUT2D eigenvalue weighted by molar-refractivity contribution is -0.119. The second-order valence-electron chi connectivity index (χ2n) is 6.42. The van der Waals surface area contributed by atoms with Gasteiger partial charge in [-0.1, -0.05) is 35.9 Å². The normalized spacial score (nSPS) is 11.5. The van der Waals surface area contributed by atoms with Gasteiger partial charge in [0.05, 0.1) is 16.8 Å². The number of rotatable bonds is 7. The van der Waals surface area contributed by atoms with Gasteiger partial charge in [-0.3, -0.25) is 9.10 Å². The van der Waals surface area contributed by atoms with Crippen molar-refractivity contribution in [3.8, 4) is 0 Å². The van der Waals surface area contributed by atoms with Crippen LogP contribution in [0.15, 0.2) is 76.0 Å². The fourth-order valence-electron chi connectivity index (χ4n) is 2.59. The minimum Gasteiger partial charge on any atom is -0.271 e. The number of benzene rings is 2. The summed E-state index contributed by atoms with van der Waals surface area (Å²) >= 11 is 1.51. The number of amides is 1. The van der Waals surface area contributed by atoms with Crippen molar-refractivity contribution in [1.82, 2.24) is 5.43 Å². The highest BCUT2D eigenvalue weighted by atomic mass is 32.2. The summed E-state index contributed by atoms with van der Waals surface area (Å²) in [6, 6.07) is 17.0. The van der Waals surface area contributed by atoms with Crippen LogP contribution >= 0.6 is 11.3 Å². The van der Waals surface area contributed by atoms with E-state index in [1.807, 2.05) is 25.3 Å². The van der Waals surface area contributed by atoms with E-state index >= 15 is 0 Å². The lowest BCUT2D eigenvalue weighted by Gasteiger charge is -2.23. The number of carbonyl (C=O) groups is 1. The van der Waals surface area contributed by atoms with Gasteiger partial charge in [0.15, 0.2) is 0 Å². The van der Waals surface area contributed by atoms with Crippen LogP contribution in [0, 0.1) is 13.8 Å². The molecule has 0 fully saturated rings. The summed E-state index contributed by atoms with van der Waals surface area (Å²) in [6.45, 7) is 3.47. The average molecular weight is 428 g/mol. The Balaban J connectivity index is 1.83. The first-order valence-corrected chi connectivity index (χ1v) is 11.2. The van der Waals surface area contributed by atoms with Gasteiger partial charge in [0.2, 0.25) is 0 Å². The summed E-state index contributed by atoms with van der Waals surface area (Å²) in [5, 5.41) is 5.89. The number of thiophene rings is 1. The molecule has 1 amide bonds. The third kappa shape index (κ3) is 5.10. The molecule has 150 valence electrons. The molecule has 0 saturated carbocycles. The zero-order valence-corrected chi connectivity index (χ0v) is 17.7. The fraction of sp³-hybridized carbons (Fsp3) is 0.143. The molecule has 2 aromatic carbocycles. The molecule has 0 radical (unpaired) electrons. The van der Waals surface area contributed by atoms with Crippen molar-refractivity contribution in [2.45, 2.75) is 18.7 Å². The third-order valence-corrected chi connectivity index (χ3v) is 6.95. The van der Waals surface area contributed by atoms with E-state index in [2.05, 4.69) is 10.5 Å². The molecule has 0 aliphatic carbocycles. The number of sulfonamides is 1. The molecule has 1 N–H and O–H groups in total. The van der Waals surface area contributed by atoms with Crippen molar-refractivity contribution < 1.29 is 13.2 Å². The minimum absolute atomic E-state index is 0.117. The third-order valence-electron chi connectivity index (χ3n) is 4.21. The van der Waals surface area contributed by atoms with Crippen LogP contribution in [-0.4, -0.2) is 27.1 Å². The van der Waals surface area contributed by atoms with E-state index < -0.39 is 15.9 Å². The Morgan fingerprint density at radius 3 is 2.38 bits per heavy atom. The van der Waals surface area contributed by atoms with E-state index in [0.717, 1.165) is 20.3 Å². The van der Waals surface area contributed by atoms with Gasteiger partial charge in [0.1, 0.15) is 6.54 Å². The quantitative estimate of drug-likeness (QED) is 0.461. The van der Waals surface area contributed by atoms with Crippen LogP contribution < -0.4 is 9.73 Å². The van der Waals surface area contributed by atoms with Crippen LogP contribution in [0.1, 0.15) is 16.0 Å². The first-order chi connectivity index (χ1) is 13.9. The number of aryl methyl sites for hydroxylation is 2. The summed E-state index contributed by atoms with van der Waals surface area (Å²) < 4.78 is 27.4. The van der Waals surface area contributed by atoms with Crippen molar-refractivity contribution in [3.63, 3.8) is 0 Å². The number of hydrogen-bond acceptors (Lipinski definition) is 5. The first-order valence-electron chi connectivity index (χ1n) is 8.88. The van der Waals surface area contributed by atoms with Crippen LogP contribution in [0.25, 0.3) is 0 Å². The van der Waals surface area contributed by atoms with Crippen molar-refractivity contribution in [2.24, 2.45) is 5.10 Å². The Hall–Kier alpha value is -2.97. The Kier molecular flexibility index (Phi) is 6.46. The molecule has 1 aromatic heterocycles. The molecule has 1 heterocycles. The van der Waals surface area contributed by atoms with Crippen molar-refractivity contribution in [1.29, 1.82) is 0 Å². The summed E-state index contributed by atoms with van der Waals surface area (Å²) in [4.78, 5) is 13.5. The number of hydrogen-bond donors (Lipinski definition) is 1. The number of anilines is 1. The maximum atomic E-state index is 13.2. The second kappa shape index (κ2) is 9.02. The molecule has 6 nitrogen and oxygen atoms in total. The molecule has 0 bridgehead atoms. The van der Waals surface area contributed by atoms with Gasteiger partial charge in [-0.25, -0.2) is 13.8 Å². The molecule has 3 aromatic rings. The van der Waals surface area contributed by atoms with Gasteiger partial charge in [-0.05, 0) is 55.1 Å². The Morgan fingerprint density at radius 2 is 1.76 bits per heavy atom. The number of carbonyl (C=O) groups excluding carboxylic acids is 1. The molecule has 0 aliphatic rings. The fourth-order valence-corrected chi connectivity index (χ4v) is 4.82. The largest absolute Gasteiger partial charge is 0.271 e. The maximum absolute atomic E-state index is 13.2. The number of hydrazone groups is 1. The van der Waals surface area contributed by atoms with Gasteiger partial charge in [0, 0.05) is 4.88 Å². The van der Waals surface area contributed by atoms with Crippen LogP contribution in [0.4, 0.5) is 5.69 Å². The summed E-state index contributed by atoms with van der Waals surface area (Å²) in [5.41, 5.74) is 4.87. The monoisotopic (exact) mass is 427 g/mol. The van der Waals surface area contributed by atoms with Crippen LogP contribution in [0.2, 0.25) is 0 Å². The minimum atomic E-state index is -3.91. The van der Waals surface area contributed by atoms with Crippen molar-refractivity contribution in [2.75, 3.05) is 10.8 Å². The Morgan fingerprint density at radius 1 is 1.07 bits per heavy atom. The summed E-state index contributed by atoms with van der Waals surface area (Å²) in [7, 11) is -3.91. The smallest absolute Gasteiger partial charge is 0.264 e. The van der Waals surface area contributed by atoms with E-state index in [9.17, 15) is 13.2 Å². The molecule has 29 heavy (non-hydrogen) atoms. The van der Waals surface area contributed by atoms with Gasteiger partial charge in [0.25, 0.3) is 15.9 Å². The lowest BCUT2D eigenvalue weighted by atomic mass is 10.2. The van der Waals surface area contributed by atoms with Crippen molar-refractivity contribution in [3.05, 3.63) is 82.0 Å². The zero-order chi connectivity index (χ0) is 20.9. The second-order valence-corrected chi connectivity index (χ2v) is 9.23. The molecule has 3 rings (SSSR count). The first kappa shape index (κ1) is 20.8. The average Bonchev–Trinajstić information content (AvgIpc) is 3.12. The highest BCUT2D eigenvalue weighted by Gasteiger charge is 2.26. The van der Waals surface area contributed by atoms with Gasteiger partial charge >= 0.3 is 0 Å². The maximum Gasteiger partial charge on any atom is 0.264 e. The van der Waals surface area contributed by atoms with Gasteiger partial charge < -0.3 is 0 Å². The molecule has 0 saturated heterocycles. The molecule has 8 heteroatoms. The predicted octanol–water partition coefficient (Wildman–Crippen LogP) is 3.71. The van der Waals surface area contributed by atoms with E-state index in [4.69, 9.17) is 0 Å². The number of nitrogens with zero attached hydrogens (tertiary/aromatic N) is 2. The van der Waals surface area contributed by atoms with E-state index in [-0.39, 0.29) is 11.4 Å². The lowest BCUT2D eigenvalue weighted by Crippen LogP contribution is -2.39. The highest BCUT2D eigenvalue weighted by Crippen LogP contribution is 2.23. The highest BCUT2D eigenvalue weighted by molar-refractivity contribution is 7.92. The summed E-state index contributed by atoms with van der Waals surface area (Å²) in [5.74, 6) is -0.532. The molecular weight excluding hydrogens is 406 g/mol. The number of nitrogens with one attached hydrogen (secondary N) is 1. The molecule has 0 atom stereocenters. The Labute approximate surface area is 174 Å². The zero-order valence-electron chi connectivity index (χ0n) is 16.1. The molecule has 0 aliphatic heterocycles. The topological polar surface area (TPSA) is 78.8 Å². The van der Waals surface area contributed by atoms with E-state index in [1.54, 1.807) is 48.7 Å². The SMILES string of the molecule is Cc1ccc(N(CC(=O)N/N=C\c2sccc2C)S(=O)(=O)c2ccccc2)cc1.